The molecule has 0 amide bonds. The van der Waals surface area contributed by atoms with E-state index >= 15 is 0 Å². The van der Waals surface area contributed by atoms with Crippen LogP contribution < -0.4 is 4.90 Å². The summed E-state index contributed by atoms with van der Waals surface area (Å²) in [4.78, 5) is 16.1. The van der Waals surface area contributed by atoms with Crippen LogP contribution in [0.3, 0.4) is 0 Å². The number of benzene rings is 1. The van der Waals surface area contributed by atoms with Gasteiger partial charge in [0.2, 0.25) is 10.6 Å². The van der Waals surface area contributed by atoms with Crippen LogP contribution in [-0.4, -0.2) is 29.0 Å². The van der Waals surface area contributed by atoms with Gasteiger partial charge in [0, 0.05) is 24.7 Å². The summed E-state index contributed by atoms with van der Waals surface area (Å²) in [5.74, 6) is 0.492. The molecule has 3 rings (SSSR count). The molecule has 2 aromatic heterocycles. The molecule has 0 radical (unpaired) electrons. The third-order valence-corrected chi connectivity index (χ3v) is 4.54. The highest BCUT2D eigenvalue weighted by Crippen LogP contribution is 2.34. The maximum atomic E-state index is 5.82. The number of halogens is 2. The lowest BCUT2D eigenvalue weighted by Crippen LogP contribution is -2.07. The minimum atomic E-state index is 0.0975. The first-order chi connectivity index (χ1) is 10.5. The fraction of sp³-hybridized carbons (Fsp3) is 0.133. The van der Waals surface area contributed by atoms with Crippen molar-refractivity contribution in [2.45, 2.75) is 0 Å². The second-order valence-electron chi connectivity index (χ2n) is 4.80. The molecule has 0 aliphatic heterocycles. The largest absolute Gasteiger partial charge is 0.378 e. The standard InChI is InChI=1S/C15H12Cl2N4S/c1-21(2)10-5-3-9(4-6-10)11-7-8-12(22-11)13-18-14(16)20-15(17)19-13/h3-8H,1-2H3. The molecule has 0 saturated carbocycles. The first kappa shape index (κ1) is 15.2. The highest BCUT2D eigenvalue weighted by Gasteiger charge is 2.10. The minimum absolute atomic E-state index is 0.0975. The van der Waals surface area contributed by atoms with E-state index in [4.69, 9.17) is 23.2 Å². The molecular weight excluding hydrogens is 339 g/mol. The van der Waals surface area contributed by atoms with Gasteiger partial charge in [-0.05, 0) is 53.0 Å². The molecule has 7 heteroatoms. The van der Waals surface area contributed by atoms with Gasteiger partial charge in [-0.25, -0.2) is 0 Å². The summed E-state index contributed by atoms with van der Waals surface area (Å²) < 4.78 is 0. The summed E-state index contributed by atoms with van der Waals surface area (Å²) in [6, 6.07) is 12.4. The lowest BCUT2D eigenvalue weighted by atomic mass is 10.1. The van der Waals surface area contributed by atoms with Gasteiger partial charge in [-0.15, -0.1) is 11.3 Å². The lowest BCUT2D eigenvalue weighted by molar-refractivity contribution is 1.06. The normalized spacial score (nSPS) is 10.7. The van der Waals surface area contributed by atoms with Crippen molar-refractivity contribution in [3.8, 4) is 21.1 Å². The summed E-state index contributed by atoms with van der Waals surface area (Å²) in [6.07, 6.45) is 0. The van der Waals surface area contributed by atoms with Crippen molar-refractivity contribution < 1.29 is 0 Å². The van der Waals surface area contributed by atoms with Crippen molar-refractivity contribution in [2.24, 2.45) is 0 Å². The van der Waals surface area contributed by atoms with E-state index in [1.807, 2.05) is 26.2 Å². The smallest absolute Gasteiger partial charge is 0.227 e. The van der Waals surface area contributed by atoms with Crippen LogP contribution in [0.1, 0.15) is 0 Å². The Balaban J connectivity index is 1.93. The summed E-state index contributed by atoms with van der Waals surface area (Å²) in [5.41, 5.74) is 2.31. The molecule has 0 unspecified atom stereocenters. The highest BCUT2D eigenvalue weighted by molar-refractivity contribution is 7.18. The second-order valence-corrected chi connectivity index (χ2v) is 6.56. The molecule has 22 heavy (non-hydrogen) atoms. The monoisotopic (exact) mass is 350 g/mol. The van der Waals surface area contributed by atoms with Crippen LogP contribution in [0.4, 0.5) is 5.69 Å². The van der Waals surface area contributed by atoms with Crippen LogP contribution in [0.15, 0.2) is 36.4 Å². The van der Waals surface area contributed by atoms with Crippen LogP contribution in [0.5, 0.6) is 0 Å². The molecule has 3 aromatic rings. The maximum Gasteiger partial charge on any atom is 0.227 e. The molecule has 112 valence electrons. The van der Waals surface area contributed by atoms with E-state index in [-0.39, 0.29) is 10.6 Å². The molecule has 0 aliphatic rings. The predicted molar refractivity (Wildman–Crippen MR) is 92.9 cm³/mol. The van der Waals surface area contributed by atoms with Gasteiger partial charge in [0.1, 0.15) is 0 Å². The number of hydrogen-bond donors (Lipinski definition) is 0. The Labute approximate surface area is 142 Å². The zero-order chi connectivity index (χ0) is 15.7. The molecule has 0 aliphatic carbocycles. The lowest BCUT2D eigenvalue weighted by Gasteiger charge is -2.12. The quantitative estimate of drug-likeness (QED) is 0.689. The van der Waals surface area contributed by atoms with Crippen molar-refractivity contribution in [1.29, 1.82) is 0 Å². The molecule has 4 nitrogen and oxygen atoms in total. The Morgan fingerprint density at radius 2 is 1.41 bits per heavy atom. The Bertz CT molecular complexity index is 779. The molecule has 0 spiro atoms. The maximum absolute atomic E-state index is 5.82. The first-order valence-corrected chi connectivity index (χ1v) is 8.05. The number of nitrogens with zero attached hydrogens (tertiary/aromatic N) is 4. The van der Waals surface area contributed by atoms with E-state index in [2.05, 4.69) is 44.1 Å². The Kier molecular flexibility index (Phi) is 4.29. The van der Waals surface area contributed by atoms with Gasteiger partial charge in [-0.2, -0.15) is 15.0 Å². The van der Waals surface area contributed by atoms with Crippen LogP contribution in [-0.2, 0) is 0 Å². The zero-order valence-corrected chi connectivity index (χ0v) is 14.2. The van der Waals surface area contributed by atoms with Crippen molar-refractivity contribution >= 4 is 40.2 Å². The van der Waals surface area contributed by atoms with Crippen LogP contribution in [0.2, 0.25) is 10.6 Å². The predicted octanol–water partition coefficient (Wildman–Crippen LogP) is 4.64. The Morgan fingerprint density at radius 3 is 2.00 bits per heavy atom. The second kappa shape index (κ2) is 6.20. The van der Waals surface area contributed by atoms with Crippen LogP contribution >= 0.6 is 34.5 Å². The van der Waals surface area contributed by atoms with Gasteiger partial charge in [-0.1, -0.05) is 12.1 Å². The third kappa shape index (κ3) is 3.21. The van der Waals surface area contributed by atoms with Crippen molar-refractivity contribution in [3.05, 3.63) is 47.0 Å². The van der Waals surface area contributed by atoms with Crippen molar-refractivity contribution in [2.75, 3.05) is 19.0 Å². The molecular formula is C15H12Cl2N4S. The Morgan fingerprint density at radius 1 is 0.818 bits per heavy atom. The molecule has 0 N–H and O–H groups in total. The molecule has 0 saturated heterocycles. The summed E-state index contributed by atoms with van der Waals surface area (Å²) in [6.45, 7) is 0. The van der Waals surface area contributed by atoms with Gasteiger partial charge >= 0.3 is 0 Å². The topological polar surface area (TPSA) is 41.9 Å². The van der Waals surface area contributed by atoms with Gasteiger partial charge < -0.3 is 4.90 Å². The summed E-state index contributed by atoms with van der Waals surface area (Å²) >= 11 is 13.2. The SMILES string of the molecule is CN(C)c1ccc(-c2ccc(-c3nc(Cl)nc(Cl)n3)s2)cc1. The average molecular weight is 351 g/mol. The average Bonchev–Trinajstić information content (AvgIpc) is 2.96. The number of hydrogen-bond acceptors (Lipinski definition) is 5. The number of rotatable bonds is 3. The zero-order valence-electron chi connectivity index (χ0n) is 11.9. The van der Waals surface area contributed by atoms with E-state index in [1.54, 1.807) is 11.3 Å². The molecule has 0 fully saturated rings. The number of anilines is 1. The van der Waals surface area contributed by atoms with Crippen LogP contribution in [0.25, 0.3) is 21.1 Å². The van der Waals surface area contributed by atoms with E-state index in [0.29, 0.717) is 5.82 Å². The van der Waals surface area contributed by atoms with E-state index in [0.717, 1.165) is 21.0 Å². The molecule has 2 heterocycles. The van der Waals surface area contributed by atoms with Gasteiger partial charge in [0.25, 0.3) is 0 Å². The van der Waals surface area contributed by atoms with E-state index in [9.17, 15) is 0 Å². The number of thiophene rings is 1. The van der Waals surface area contributed by atoms with Gasteiger partial charge in [0.15, 0.2) is 5.82 Å². The molecule has 0 atom stereocenters. The first-order valence-electron chi connectivity index (χ1n) is 6.48. The van der Waals surface area contributed by atoms with Crippen LogP contribution in [0, 0.1) is 0 Å². The van der Waals surface area contributed by atoms with Gasteiger partial charge in [0.05, 0.1) is 4.88 Å². The molecule has 0 bridgehead atoms. The Hall–Kier alpha value is -1.69. The van der Waals surface area contributed by atoms with E-state index < -0.39 is 0 Å². The van der Waals surface area contributed by atoms with E-state index in [1.165, 1.54) is 0 Å². The fourth-order valence-electron chi connectivity index (χ4n) is 1.97. The third-order valence-electron chi connectivity index (χ3n) is 3.08. The summed E-state index contributed by atoms with van der Waals surface area (Å²) in [5, 5.41) is 0.195. The van der Waals surface area contributed by atoms with Crippen molar-refractivity contribution in [3.63, 3.8) is 0 Å². The van der Waals surface area contributed by atoms with Gasteiger partial charge in [-0.3, -0.25) is 0 Å². The summed E-state index contributed by atoms with van der Waals surface area (Å²) in [7, 11) is 4.04. The minimum Gasteiger partial charge on any atom is -0.378 e. The number of aromatic nitrogens is 3. The van der Waals surface area contributed by atoms with Crippen molar-refractivity contribution in [1.82, 2.24) is 15.0 Å². The molecule has 1 aromatic carbocycles. The highest BCUT2D eigenvalue weighted by atomic mass is 35.5. The fourth-order valence-corrected chi connectivity index (χ4v) is 3.28.